The van der Waals surface area contributed by atoms with Crippen molar-refractivity contribution in [3.8, 4) is 0 Å². The standard InChI is InChI=1S/C30H38N2O5S/c1-18(2)21(17-33)32-26-28(35)31(25-19(3)11-9-12-20(25)4)15-10-14-30(26)24(27(32)34)23-22(38-30)13-7-5-6-8-16-37-29(23)36/h7,9-14,18,21-24,26,33H,5-6,8,15-17H2,1-4H3/b13-7-/t21-,22+,23-,24-,26?,30-/m0/s1. The lowest BCUT2D eigenvalue weighted by Gasteiger charge is -2.40. The number of fused-ring (bicyclic) bond motifs is 2. The number of esters is 1. The van der Waals surface area contributed by atoms with E-state index in [0.29, 0.717) is 13.2 Å². The fraction of sp³-hybridized carbons (Fsp3) is 0.567. The molecule has 2 fully saturated rings. The summed E-state index contributed by atoms with van der Waals surface area (Å²) in [4.78, 5) is 46.0. The maximum Gasteiger partial charge on any atom is 0.311 e. The van der Waals surface area contributed by atoms with Crippen LogP contribution in [0.2, 0.25) is 0 Å². The van der Waals surface area contributed by atoms with E-state index >= 15 is 0 Å². The molecule has 204 valence electrons. The van der Waals surface area contributed by atoms with E-state index < -0.39 is 28.7 Å². The lowest BCUT2D eigenvalue weighted by atomic mass is 9.78. The number of aliphatic hydroxyl groups excluding tert-OH is 1. The summed E-state index contributed by atoms with van der Waals surface area (Å²) < 4.78 is 4.75. The molecule has 4 heterocycles. The molecule has 1 aromatic carbocycles. The number of aryl methyl sites for hydroxylation is 2. The van der Waals surface area contributed by atoms with Crippen LogP contribution in [0.3, 0.4) is 0 Å². The third-order valence-electron chi connectivity index (χ3n) is 8.56. The Bertz CT molecular complexity index is 1160. The second-order valence-corrected chi connectivity index (χ2v) is 12.8. The predicted molar refractivity (Wildman–Crippen MR) is 149 cm³/mol. The third-order valence-corrected chi connectivity index (χ3v) is 10.3. The average Bonchev–Trinajstić information content (AvgIpc) is 3.26. The maximum atomic E-state index is 14.7. The fourth-order valence-corrected chi connectivity index (χ4v) is 8.75. The molecule has 0 aliphatic carbocycles. The Morgan fingerprint density at radius 2 is 1.84 bits per heavy atom. The number of rotatable bonds is 4. The molecule has 4 aliphatic heterocycles. The van der Waals surface area contributed by atoms with Crippen molar-refractivity contribution in [2.75, 3.05) is 24.7 Å². The van der Waals surface area contributed by atoms with E-state index in [2.05, 4.69) is 6.08 Å². The van der Waals surface area contributed by atoms with E-state index in [4.69, 9.17) is 4.74 Å². The largest absolute Gasteiger partial charge is 0.465 e. The molecule has 6 atom stereocenters. The van der Waals surface area contributed by atoms with E-state index in [0.717, 1.165) is 36.1 Å². The molecule has 1 N–H and O–H groups in total. The van der Waals surface area contributed by atoms with Crippen molar-refractivity contribution >= 4 is 35.2 Å². The van der Waals surface area contributed by atoms with Gasteiger partial charge in [-0.25, -0.2) is 0 Å². The molecule has 4 aliphatic rings. The number of allylic oxidation sites excluding steroid dienone is 1. The molecule has 1 spiro atoms. The highest BCUT2D eigenvalue weighted by Gasteiger charge is 2.72. The number of likely N-dealkylation sites (tertiary alicyclic amines) is 1. The van der Waals surface area contributed by atoms with Crippen LogP contribution in [-0.4, -0.2) is 69.6 Å². The molecule has 0 bridgehead atoms. The van der Waals surface area contributed by atoms with Gasteiger partial charge in [0, 0.05) is 17.5 Å². The molecule has 0 radical (unpaired) electrons. The Morgan fingerprint density at radius 3 is 2.53 bits per heavy atom. The summed E-state index contributed by atoms with van der Waals surface area (Å²) in [5, 5.41) is 10.2. The Kier molecular flexibility index (Phi) is 7.48. The number of nitrogens with zero attached hydrogens (tertiary/aromatic N) is 2. The zero-order valence-electron chi connectivity index (χ0n) is 22.6. The van der Waals surface area contributed by atoms with Gasteiger partial charge in [-0.15, -0.1) is 11.8 Å². The molecular formula is C30H38N2O5S. The number of benzene rings is 1. The van der Waals surface area contributed by atoms with Crippen LogP contribution in [0.1, 0.15) is 44.2 Å². The van der Waals surface area contributed by atoms with Crippen molar-refractivity contribution in [2.45, 2.75) is 69.0 Å². The number of anilines is 1. The van der Waals surface area contributed by atoms with Gasteiger partial charge in [0.15, 0.2) is 0 Å². The van der Waals surface area contributed by atoms with E-state index in [9.17, 15) is 19.5 Å². The highest BCUT2D eigenvalue weighted by atomic mass is 32.2. The Balaban J connectivity index is 1.68. The summed E-state index contributed by atoms with van der Waals surface area (Å²) in [5.74, 6) is -2.30. The van der Waals surface area contributed by atoms with Crippen molar-refractivity contribution in [1.82, 2.24) is 4.90 Å². The van der Waals surface area contributed by atoms with Crippen LogP contribution in [0.4, 0.5) is 5.69 Å². The smallest absolute Gasteiger partial charge is 0.311 e. The Labute approximate surface area is 229 Å². The average molecular weight is 539 g/mol. The van der Waals surface area contributed by atoms with Gasteiger partial charge in [-0.1, -0.05) is 56.4 Å². The number of hydrogen-bond acceptors (Lipinski definition) is 6. The van der Waals surface area contributed by atoms with Gasteiger partial charge in [-0.05, 0) is 50.2 Å². The van der Waals surface area contributed by atoms with Gasteiger partial charge >= 0.3 is 5.97 Å². The minimum atomic E-state index is -0.936. The van der Waals surface area contributed by atoms with E-state index in [1.165, 1.54) is 0 Å². The van der Waals surface area contributed by atoms with E-state index in [1.54, 1.807) is 21.6 Å². The zero-order chi connectivity index (χ0) is 27.2. The molecule has 8 heteroatoms. The van der Waals surface area contributed by atoms with Crippen LogP contribution < -0.4 is 4.90 Å². The van der Waals surface area contributed by atoms with E-state index in [1.807, 2.05) is 64.1 Å². The molecule has 1 unspecified atom stereocenters. The summed E-state index contributed by atoms with van der Waals surface area (Å²) in [7, 11) is 0. The molecular weight excluding hydrogens is 500 g/mol. The van der Waals surface area contributed by atoms with Gasteiger partial charge in [0.1, 0.15) is 6.04 Å². The number of carbonyl (C=O) groups excluding carboxylic acids is 3. The number of para-hydroxylation sites is 1. The number of carbonyl (C=O) groups is 3. The maximum absolute atomic E-state index is 14.7. The minimum Gasteiger partial charge on any atom is -0.465 e. The summed E-state index contributed by atoms with van der Waals surface area (Å²) in [6.45, 7) is 8.33. The molecule has 2 saturated heterocycles. The van der Waals surface area contributed by atoms with Gasteiger partial charge in [0.2, 0.25) is 5.91 Å². The number of cyclic esters (lactones) is 1. The predicted octanol–water partition coefficient (Wildman–Crippen LogP) is 3.80. The van der Waals surface area contributed by atoms with Crippen LogP contribution in [0.25, 0.3) is 0 Å². The third kappa shape index (κ3) is 4.20. The first-order valence-corrected chi connectivity index (χ1v) is 14.6. The lowest BCUT2D eigenvalue weighted by molar-refractivity contribution is -0.153. The monoisotopic (exact) mass is 538 g/mol. The summed E-state index contributed by atoms with van der Waals surface area (Å²) in [5.41, 5.74) is 2.82. The first kappa shape index (κ1) is 27.0. The molecule has 7 nitrogen and oxygen atoms in total. The number of amides is 2. The molecule has 0 aromatic heterocycles. The Morgan fingerprint density at radius 1 is 1.11 bits per heavy atom. The van der Waals surface area contributed by atoms with Crippen LogP contribution in [0, 0.1) is 31.6 Å². The van der Waals surface area contributed by atoms with Gasteiger partial charge in [0.25, 0.3) is 5.91 Å². The van der Waals surface area contributed by atoms with Gasteiger partial charge in [-0.2, -0.15) is 0 Å². The second kappa shape index (κ2) is 10.5. The van der Waals surface area contributed by atoms with Gasteiger partial charge in [0.05, 0.1) is 35.8 Å². The van der Waals surface area contributed by atoms with Crippen molar-refractivity contribution < 1.29 is 24.2 Å². The number of aliphatic hydroxyl groups is 1. The van der Waals surface area contributed by atoms with Crippen LogP contribution in [-0.2, 0) is 19.1 Å². The number of thioether (sulfide) groups is 1. The molecule has 5 rings (SSSR count). The first-order valence-electron chi connectivity index (χ1n) is 13.7. The van der Waals surface area contributed by atoms with Crippen LogP contribution >= 0.6 is 11.8 Å². The highest BCUT2D eigenvalue weighted by Crippen LogP contribution is 2.61. The SMILES string of the molecule is Cc1cccc(C)c1N1CC=C[C@]23S[C@@H]4/C=C\CCCCOC(=O)[C@@H]4[C@H]2C(=O)N([C@@H](CO)C(C)C)C3C1=O. The summed E-state index contributed by atoms with van der Waals surface area (Å²) >= 11 is 1.54. The zero-order valence-corrected chi connectivity index (χ0v) is 23.4. The number of hydrogen-bond donors (Lipinski definition) is 1. The molecule has 38 heavy (non-hydrogen) atoms. The molecule has 0 saturated carbocycles. The fourth-order valence-electron chi connectivity index (χ4n) is 6.77. The highest BCUT2D eigenvalue weighted by molar-refractivity contribution is 8.02. The molecule has 1 aromatic rings. The van der Waals surface area contributed by atoms with E-state index in [-0.39, 0.29) is 35.6 Å². The van der Waals surface area contributed by atoms with Gasteiger partial charge in [-0.3, -0.25) is 14.4 Å². The minimum absolute atomic E-state index is 0.0785. The van der Waals surface area contributed by atoms with Gasteiger partial charge < -0.3 is 19.6 Å². The molecule has 2 amide bonds. The van der Waals surface area contributed by atoms with Crippen molar-refractivity contribution in [2.24, 2.45) is 17.8 Å². The normalized spacial score (nSPS) is 32.9. The second-order valence-electron chi connectivity index (χ2n) is 11.3. The van der Waals surface area contributed by atoms with Crippen LogP contribution in [0.5, 0.6) is 0 Å². The van der Waals surface area contributed by atoms with Crippen molar-refractivity contribution in [3.63, 3.8) is 0 Å². The van der Waals surface area contributed by atoms with Crippen LogP contribution in [0.15, 0.2) is 42.5 Å². The van der Waals surface area contributed by atoms with Crippen molar-refractivity contribution in [1.29, 1.82) is 0 Å². The number of ether oxygens (including phenoxy) is 1. The summed E-state index contributed by atoms with van der Waals surface area (Å²) in [6, 6.07) is 4.56. The lowest BCUT2D eigenvalue weighted by Crippen LogP contribution is -2.58. The Hall–Kier alpha value is -2.58. The topological polar surface area (TPSA) is 87.2 Å². The summed E-state index contributed by atoms with van der Waals surface area (Å²) in [6.07, 6.45) is 10.7. The van der Waals surface area contributed by atoms with Crippen molar-refractivity contribution in [3.05, 3.63) is 53.6 Å². The first-order chi connectivity index (χ1) is 18.2. The quantitative estimate of drug-likeness (QED) is 0.464.